The lowest BCUT2D eigenvalue weighted by Gasteiger charge is -2.27. The van der Waals surface area contributed by atoms with Crippen molar-refractivity contribution in [2.45, 2.75) is 13.1 Å². The molecule has 0 aliphatic carbocycles. The van der Waals surface area contributed by atoms with Crippen LogP contribution >= 0.6 is 11.6 Å². The third kappa shape index (κ3) is 5.91. The van der Waals surface area contributed by atoms with Gasteiger partial charge in [-0.2, -0.15) is 0 Å². The van der Waals surface area contributed by atoms with Crippen molar-refractivity contribution in [3.8, 4) is 0 Å². The van der Waals surface area contributed by atoms with Gasteiger partial charge in [0.2, 0.25) is 0 Å². The van der Waals surface area contributed by atoms with Crippen LogP contribution in [0.4, 0.5) is 11.4 Å². The number of halogens is 1. The molecule has 6 nitrogen and oxygen atoms in total. The monoisotopic (exact) mass is 487 g/mol. The number of hydrogen-bond donors (Lipinski definition) is 1. The number of amides is 2. The van der Waals surface area contributed by atoms with Crippen molar-refractivity contribution in [3.63, 3.8) is 0 Å². The van der Waals surface area contributed by atoms with Crippen molar-refractivity contribution in [1.29, 1.82) is 0 Å². The normalized spacial score (nSPS) is 10.6. The van der Waals surface area contributed by atoms with E-state index in [0.717, 1.165) is 16.8 Å². The Bertz CT molecular complexity index is 1300. The first kappa shape index (κ1) is 24.1. The molecule has 0 spiro atoms. The fourth-order valence-electron chi connectivity index (χ4n) is 3.84. The second-order valence-corrected chi connectivity index (χ2v) is 8.70. The highest BCUT2D eigenvalue weighted by molar-refractivity contribution is 6.33. The minimum absolute atomic E-state index is 0.172. The average molecular weight is 488 g/mol. The van der Waals surface area contributed by atoms with Crippen LogP contribution in [0, 0.1) is 0 Å². The summed E-state index contributed by atoms with van der Waals surface area (Å²) in [5.74, 6) is -0.288. The number of carbonyl (C=O) groups excluding carboxylic acids is 2. The maximum Gasteiger partial charge on any atom is 0.291 e. The summed E-state index contributed by atoms with van der Waals surface area (Å²) >= 11 is 6.37. The third-order valence-electron chi connectivity index (χ3n) is 5.53. The first-order valence-electron chi connectivity index (χ1n) is 11.1. The fourth-order valence-corrected chi connectivity index (χ4v) is 4.06. The molecule has 3 aromatic carbocycles. The van der Waals surface area contributed by atoms with Crippen LogP contribution < -0.4 is 10.2 Å². The van der Waals surface area contributed by atoms with Crippen molar-refractivity contribution < 1.29 is 14.0 Å². The first-order chi connectivity index (χ1) is 16.9. The van der Waals surface area contributed by atoms with E-state index in [4.69, 9.17) is 16.0 Å². The number of rotatable bonds is 8. The highest BCUT2D eigenvalue weighted by atomic mass is 35.5. The molecule has 4 rings (SSSR count). The molecule has 0 radical (unpaired) electrons. The Morgan fingerprint density at radius 2 is 1.63 bits per heavy atom. The van der Waals surface area contributed by atoms with Gasteiger partial charge in [0.1, 0.15) is 0 Å². The topological polar surface area (TPSA) is 65.8 Å². The molecule has 0 aliphatic rings. The second-order valence-electron chi connectivity index (χ2n) is 8.30. The molecule has 178 valence electrons. The molecular weight excluding hydrogens is 462 g/mol. The summed E-state index contributed by atoms with van der Waals surface area (Å²) in [6.07, 6.45) is 1.46. The quantitative estimate of drug-likeness (QED) is 0.326. The molecule has 0 fully saturated rings. The molecule has 1 heterocycles. The van der Waals surface area contributed by atoms with E-state index in [2.05, 4.69) is 5.32 Å². The zero-order valence-corrected chi connectivity index (χ0v) is 20.3. The molecule has 4 aromatic rings. The van der Waals surface area contributed by atoms with Crippen LogP contribution in [0.5, 0.6) is 0 Å². The van der Waals surface area contributed by atoms with Gasteiger partial charge in [-0.25, -0.2) is 0 Å². The van der Waals surface area contributed by atoms with Crippen LogP contribution in [-0.2, 0) is 13.1 Å². The minimum atomic E-state index is -0.341. The van der Waals surface area contributed by atoms with E-state index in [1.807, 2.05) is 67.5 Å². The first-order valence-corrected chi connectivity index (χ1v) is 11.5. The molecule has 1 aromatic heterocycles. The number of furan rings is 1. The van der Waals surface area contributed by atoms with Crippen molar-refractivity contribution >= 4 is 34.8 Å². The SMILES string of the molecule is CN(C)c1ccc(NC(=O)c2ccco2)cc1CN(Cc1ccccc1)C(=O)c1ccccc1Cl. The van der Waals surface area contributed by atoms with Gasteiger partial charge in [0.05, 0.1) is 16.8 Å². The Labute approximate surface area is 209 Å². The number of carbonyl (C=O) groups is 2. The van der Waals surface area contributed by atoms with Gasteiger partial charge in [-0.15, -0.1) is 0 Å². The van der Waals surface area contributed by atoms with E-state index in [9.17, 15) is 9.59 Å². The molecule has 2 amide bonds. The lowest BCUT2D eigenvalue weighted by molar-refractivity contribution is 0.0730. The summed E-state index contributed by atoms with van der Waals surface area (Å²) in [5, 5.41) is 3.27. The highest BCUT2D eigenvalue weighted by Gasteiger charge is 2.21. The molecule has 1 N–H and O–H groups in total. The molecular formula is C28H26ClN3O3. The van der Waals surface area contributed by atoms with Crippen molar-refractivity contribution in [1.82, 2.24) is 4.90 Å². The summed E-state index contributed by atoms with van der Waals surface area (Å²) in [6, 6.07) is 25.8. The van der Waals surface area contributed by atoms with E-state index in [1.165, 1.54) is 6.26 Å². The molecule has 0 aliphatic heterocycles. The van der Waals surface area contributed by atoms with E-state index in [-0.39, 0.29) is 17.6 Å². The summed E-state index contributed by atoms with van der Waals surface area (Å²) in [5.41, 5.74) is 3.87. The van der Waals surface area contributed by atoms with Gasteiger partial charge in [0.25, 0.3) is 11.8 Å². The van der Waals surface area contributed by atoms with Crippen LogP contribution in [0.3, 0.4) is 0 Å². The molecule has 0 atom stereocenters. The Balaban J connectivity index is 1.68. The van der Waals surface area contributed by atoms with Crippen LogP contribution in [0.1, 0.15) is 32.0 Å². The summed E-state index contributed by atoms with van der Waals surface area (Å²) in [6.45, 7) is 0.720. The van der Waals surface area contributed by atoms with Crippen LogP contribution in [-0.4, -0.2) is 30.8 Å². The van der Waals surface area contributed by atoms with Crippen molar-refractivity contribution in [2.24, 2.45) is 0 Å². The third-order valence-corrected chi connectivity index (χ3v) is 5.86. The largest absolute Gasteiger partial charge is 0.459 e. The predicted octanol–water partition coefficient (Wildman–Crippen LogP) is 6.09. The molecule has 7 heteroatoms. The number of nitrogens with one attached hydrogen (secondary N) is 1. The van der Waals surface area contributed by atoms with Gasteiger partial charge in [-0.05, 0) is 53.6 Å². The standard InChI is InChI=1S/C28H26ClN3O3/c1-31(2)25-15-14-22(30-27(33)26-13-8-16-35-26)17-21(25)19-32(18-20-9-4-3-5-10-20)28(34)23-11-6-7-12-24(23)29/h3-17H,18-19H2,1-2H3,(H,30,33). The van der Waals surface area contributed by atoms with E-state index in [1.54, 1.807) is 41.3 Å². The summed E-state index contributed by atoms with van der Waals surface area (Å²) in [7, 11) is 3.88. The van der Waals surface area contributed by atoms with Crippen LogP contribution in [0.15, 0.2) is 95.6 Å². The van der Waals surface area contributed by atoms with E-state index < -0.39 is 0 Å². The van der Waals surface area contributed by atoms with Crippen LogP contribution in [0.2, 0.25) is 5.02 Å². The number of benzene rings is 3. The maximum absolute atomic E-state index is 13.6. The smallest absolute Gasteiger partial charge is 0.291 e. The lowest BCUT2D eigenvalue weighted by Crippen LogP contribution is -2.31. The number of nitrogens with zero attached hydrogens (tertiary/aromatic N) is 2. The second kappa shape index (κ2) is 10.9. The molecule has 35 heavy (non-hydrogen) atoms. The maximum atomic E-state index is 13.6. The molecule has 0 bridgehead atoms. The van der Waals surface area contributed by atoms with Gasteiger partial charge in [0.15, 0.2) is 5.76 Å². The van der Waals surface area contributed by atoms with Crippen molar-refractivity contribution in [2.75, 3.05) is 24.3 Å². The van der Waals surface area contributed by atoms with E-state index in [0.29, 0.717) is 29.4 Å². The lowest BCUT2D eigenvalue weighted by atomic mass is 10.1. The van der Waals surface area contributed by atoms with Crippen molar-refractivity contribution in [3.05, 3.63) is 119 Å². The predicted molar refractivity (Wildman–Crippen MR) is 139 cm³/mol. The highest BCUT2D eigenvalue weighted by Crippen LogP contribution is 2.27. The summed E-state index contributed by atoms with van der Waals surface area (Å²) in [4.78, 5) is 29.9. The fraction of sp³-hybridized carbons (Fsp3) is 0.143. The van der Waals surface area contributed by atoms with Gasteiger partial charge < -0.3 is 19.5 Å². The zero-order chi connectivity index (χ0) is 24.8. The molecule has 0 unspecified atom stereocenters. The Hall–Kier alpha value is -4.03. The Kier molecular flexibility index (Phi) is 7.53. The number of anilines is 2. The molecule has 0 saturated heterocycles. The van der Waals surface area contributed by atoms with Gasteiger partial charge in [-0.3, -0.25) is 9.59 Å². The Morgan fingerprint density at radius 3 is 2.31 bits per heavy atom. The minimum Gasteiger partial charge on any atom is -0.459 e. The van der Waals surface area contributed by atoms with E-state index >= 15 is 0 Å². The van der Waals surface area contributed by atoms with Crippen LogP contribution in [0.25, 0.3) is 0 Å². The van der Waals surface area contributed by atoms with Gasteiger partial charge >= 0.3 is 0 Å². The van der Waals surface area contributed by atoms with Gasteiger partial charge in [0, 0.05) is 38.6 Å². The molecule has 0 saturated carbocycles. The zero-order valence-electron chi connectivity index (χ0n) is 19.6. The van der Waals surface area contributed by atoms with Gasteiger partial charge in [-0.1, -0.05) is 54.1 Å². The summed E-state index contributed by atoms with van der Waals surface area (Å²) < 4.78 is 5.20. The average Bonchev–Trinajstić information content (AvgIpc) is 3.39. The number of hydrogen-bond acceptors (Lipinski definition) is 4. The Morgan fingerprint density at radius 1 is 0.886 bits per heavy atom.